The van der Waals surface area contributed by atoms with Gasteiger partial charge in [-0.15, -0.1) is 0 Å². The molecule has 0 radical (unpaired) electrons. The number of hydrogen-bond donors (Lipinski definition) is 2. The van der Waals surface area contributed by atoms with Crippen molar-refractivity contribution < 1.29 is 33.0 Å². The molecule has 1 saturated heterocycles. The van der Waals surface area contributed by atoms with Crippen LogP contribution in [0.2, 0.25) is 5.02 Å². The fourth-order valence-electron chi connectivity index (χ4n) is 5.19. The summed E-state index contributed by atoms with van der Waals surface area (Å²) in [5, 5.41) is 6.09. The SMILES string of the molecule is COc1cc2ccc1OCC(=O)N[C@@H]1CN(C(=O)Cc3c(F)cccc3Cl)CC[C@H]1Oc1ccc(cc1)CNC(=O)CC2. The summed E-state index contributed by atoms with van der Waals surface area (Å²) in [5.41, 5.74) is 1.94. The number of halogens is 2. The lowest BCUT2D eigenvalue weighted by atomic mass is 10.00. The van der Waals surface area contributed by atoms with Crippen LogP contribution in [0.4, 0.5) is 4.39 Å². The van der Waals surface area contributed by atoms with Crippen LogP contribution in [0.5, 0.6) is 17.2 Å². The highest BCUT2D eigenvalue weighted by Crippen LogP contribution is 2.29. The lowest BCUT2D eigenvalue weighted by Gasteiger charge is -2.39. The first-order valence-electron chi connectivity index (χ1n) is 14.1. The number of carbonyl (C=O) groups is 3. The van der Waals surface area contributed by atoms with Crippen molar-refractivity contribution in [2.45, 2.75) is 44.4 Å². The van der Waals surface area contributed by atoms with Gasteiger partial charge in [0.15, 0.2) is 18.1 Å². The highest BCUT2D eigenvalue weighted by atomic mass is 35.5. The number of methoxy groups -OCH3 is 1. The maximum absolute atomic E-state index is 14.4. The van der Waals surface area contributed by atoms with Gasteiger partial charge in [0.05, 0.1) is 19.6 Å². The van der Waals surface area contributed by atoms with E-state index < -0.39 is 23.9 Å². The monoisotopic (exact) mass is 609 g/mol. The molecule has 0 spiro atoms. The Balaban J connectivity index is 1.35. The van der Waals surface area contributed by atoms with Gasteiger partial charge in [-0.25, -0.2) is 4.39 Å². The predicted molar refractivity (Wildman–Crippen MR) is 158 cm³/mol. The van der Waals surface area contributed by atoms with Gasteiger partial charge in [-0.05, 0) is 53.9 Å². The number of hydrogen-bond acceptors (Lipinski definition) is 6. The number of carbonyl (C=O) groups excluding carboxylic acids is 3. The minimum Gasteiger partial charge on any atom is -0.493 e. The van der Waals surface area contributed by atoms with Crippen molar-refractivity contribution in [2.75, 3.05) is 26.8 Å². The molecule has 11 heteroatoms. The lowest BCUT2D eigenvalue weighted by Crippen LogP contribution is -2.58. The molecule has 3 aromatic carbocycles. The number of amides is 3. The number of aryl methyl sites for hydroxylation is 1. The molecule has 3 amide bonds. The summed E-state index contributed by atoms with van der Waals surface area (Å²) in [7, 11) is 1.51. The van der Waals surface area contributed by atoms with Gasteiger partial charge >= 0.3 is 0 Å². The topological polar surface area (TPSA) is 106 Å². The number of likely N-dealkylation sites (tertiary alicyclic amines) is 1. The summed E-state index contributed by atoms with van der Waals surface area (Å²) in [6, 6.07) is 16.4. The smallest absolute Gasteiger partial charge is 0.258 e. The molecule has 2 atom stereocenters. The van der Waals surface area contributed by atoms with Crippen molar-refractivity contribution in [1.82, 2.24) is 15.5 Å². The van der Waals surface area contributed by atoms with Crippen molar-refractivity contribution in [3.05, 3.63) is 88.2 Å². The van der Waals surface area contributed by atoms with Gasteiger partial charge in [-0.1, -0.05) is 35.9 Å². The number of nitrogens with zero attached hydrogens (tertiary/aromatic N) is 1. The molecule has 4 bridgehead atoms. The third kappa shape index (κ3) is 7.75. The Kier molecular flexibility index (Phi) is 9.66. The fourth-order valence-corrected chi connectivity index (χ4v) is 5.42. The molecule has 5 aliphatic rings. The van der Waals surface area contributed by atoms with E-state index in [4.69, 9.17) is 25.8 Å². The van der Waals surface area contributed by atoms with E-state index in [0.717, 1.165) is 11.1 Å². The van der Waals surface area contributed by atoms with Crippen LogP contribution in [0, 0.1) is 5.82 Å². The summed E-state index contributed by atoms with van der Waals surface area (Å²) in [6.45, 7) is 0.588. The first kappa shape index (κ1) is 30.2. The van der Waals surface area contributed by atoms with Crippen LogP contribution in [0.1, 0.15) is 29.5 Å². The summed E-state index contributed by atoms with van der Waals surface area (Å²) in [4.78, 5) is 40.3. The Labute approximate surface area is 254 Å². The van der Waals surface area contributed by atoms with E-state index in [9.17, 15) is 18.8 Å². The second kappa shape index (κ2) is 13.8. The second-order valence-corrected chi connectivity index (χ2v) is 10.9. The maximum Gasteiger partial charge on any atom is 0.258 e. The number of benzene rings is 3. The molecule has 0 saturated carbocycles. The van der Waals surface area contributed by atoms with Crippen LogP contribution in [0.15, 0.2) is 60.7 Å². The van der Waals surface area contributed by atoms with Gasteiger partial charge in [0.25, 0.3) is 5.91 Å². The van der Waals surface area contributed by atoms with Crippen LogP contribution in [-0.4, -0.2) is 61.6 Å². The zero-order chi connectivity index (χ0) is 30.3. The summed E-state index contributed by atoms with van der Waals surface area (Å²) >= 11 is 6.16. The van der Waals surface area contributed by atoms with E-state index in [1.807, 2.05) is 30.3 Å². The molecule has 8 rings (SSSR count). The Morgan fingerprint density at radius 2 is 1.86 bits per heavy atom. The molecule has 5 heterocycles. The highest BCUT2D eigenvalue weighted by molar-refractivity contribution is 6.31. The van der Waals surface area contributed by atoms with Gasteiger partial charge < -0.3 is 29.7 Å². The van der Waals surface area contributed by atoms with Crippen molar-refractivity contribution in [3.8, 4) is 17.2 Å². The quantitative estimate of drug-likeness (QED) is 0.468. The minimum absolute atomic E-state index is 0.0767. The van der Waals surface area contributed by atoms with Crippen molar-refractivity contribution in [1.29, 1.82) is 0 Å². The zero-order valence-electron chi connectivity index (χ0n) is 23.7. The number of rotatable bonds is 3. The van der Waals surface area contributed by atoms with E-state index in [0.29, 0.717) is 49.6 Å². The van der Waals surface area contributed by atoms with Gasteiger partial charge in [0.1, 0.15) is 17.7 Å². The molecule has 5 aliphatic heterocycles. The summed E-state index contributed by atoms with van der Waals surface area (Å²) in [6.07, 6.45) is 0.597. The highest BCUT2D eigenvalue weighted by Gasteiger charge is 2.34. The van der Waals surface area contributed by atoms with E-state index >= 15 is 0 Å². The average molecular weight is 610 g/mol. The lowest BCUT2D eigenvalue weighted by molar-refractivity contribution is -0.135. The number of piperidine rings is 1. The van der Waals surface area contributed by atoms with Crippen molar-refractivity contribution in [2.24, 2.45) is 0 Å². The Bertz CT molecular complexity index is 1460. The first-order valence-corrected chi connectivity index (χ1v) is 14.5. The standard InChI is InChI=1S/C32H33ClFN3O6/c1-41-29-15-20-7-11-28(29)42-19-31(39)36-26-18-37(32(40)16-23-24(33)3-2-4-25(23)34)14-13-27(26)43-22-9-5-21(6-10-22)17-35-30(38)12-8-20/h2-7,9-11,15,26-27H,8,12-14,16-19H2,1H3,(H,35,38)(H,36,39)/t26-,27-/m1/s1. The third-order valence-corrected chi connectivity index (χ3v) is 7.92. The average Bonchev–Trinajstić information content (AvgIpc) is 3.01. The van der Waals surface area contributed by atoms with Gasteiger partial charge in [-0.3, -0.25) is 14.4 Å². The molecule has 0 aromatic heterocycles. The van der Waals surface area contributed by atoms with Crippen molar-refractivity contribution >= 4 is 29.3 Å². The molecule has 0 unspecified atom stereocenters. The molecule has 1 fully saturated rings. The zero-order valence-corrected chi connectivity index (χ0v) is 24.5. The van der Waals surface area contributed by atoms with Gasteiger partial charge in [0.2, 0.25) is 11.8 Å². The predicted octanol–water partition coefficient (Wildman–Crippen LogP) is 3.84. The molecule has 43 heavy (non-hydrogen) atoms. The molecule has 3 aromatic rings. The third-order valence-electron chi connectivity index (χ3n) is 7.57. The summed E-state index contributed by atoms with van der Waals surface area (Å²) < 4.78 is 31.9. The van der Waals surface area contributed by atoms with Crippen LogP contribution in [0.3, 0.4) is 0 Å². The van der Waals surface area contributed by atoms with Crippen LogP contribution in [0.25, 0.3) is 0 Å². The largest absolute Gasteiger partial charge is 0.493 e. The van der Waals surface area contributed by atoms with Gasteiger partial charge in [-0.2, -0.15) is 0 Å². The van der Waals surface area contributed by atoms with E-state index in [2.05, 4.69) is 10.6 Å². The van der Waals surface area contributed by atoms with Crippen LogP contribution in [-0.2, 0) is 33.8 Å². The second-order valence-electron chi connectivity index (χ2n) is 10.5. The normalized spacial score (nSPS) is 19.4. The van der Waals surface area contributed by atoms with Gasteiger partial charge in [0, 0.05) is 43.1 Å². The van der Waals surface area contributed by atoms with E-state index in [-0.39, 0.29) is 42.0 Å². The Morgan fingerprint density at radius 1 is 1.07 bits per heavy atom. The van der Waals surface area contributed by atoms with Crippen LogP contribution >= 0.6 is 11.6 Å². The van der Waals surface area contributed by atoms with Crippen LogP contribution < -0.4 is 24.8 Å². The fraction of sp³-hybridized carbons (Fsp3) is 0.344. The number of nitrogens with one attached hydrogen (secondary N) is 2. The van der Waals surface area contributed by atoms with Crippen molar-refractivity contribution in [3.63, 3.8) is 0 Å². The Morgan fingerprint density at radius 3 is 2.63 bits per heavy atom. The van der Waals surface area contributed by atoms with E-state index in [1.54, 1.807) is 23.1 Å². The maximum atomic E-state index is 14.4. The molecule has 2 N–H and O–H groups in total. The molecular weight excluding hydrogens is 577 g/mol. The number of ether oxygens (including phenoxy) is 3. The molecule has 226 valence electrons. The molecule has 9 nitrogen and oxygen atoms in total. The first-order chi connectivity index (χ1) is 20.8. The minimum atomic E-state index is -0.571. The Hall–Kier alpha value is -4.31. The molecule has 0 aliphatic carbocycles. The molecular formula is C32H33ClFN3O6. The van der Waals surface area contributed by atoms with E-state index in [1.165, 1.54) is 19.2 Å². The summed E-state index contributed by atoms with van der Waals surface area (Å²) in [5.74, 6) is 0.0888.